The average Bonchev–Trinajstić information content (AvgIpc) is 3.67. The summed E-state index contributed by atoms with van der Waals surface area (Å²) in [6, 6.07) is 61.0. The Morgan fingerprint density at radius 1 is 0.480 bits per heavy atom. The predicted molar refractivity (Wildman–Crippen MR) is 217 cm³/mol. The Kier molecular flexibility index (Phi) is 6.53. The molecule has 0 bridgehead atoms. The Morgan fingerprint density at radius 3 is 2.06 bits per heavy atom. The van der Waals surface area contributed by atoms with Crippen molar-refractivity contribution in [2.45, 2.75) is 25.7 Å². The molecule has 1 aliphatic carbocycles. The lowest BCUT2D eigenvalue weighted by atomic mass is 9.78. The molecule has 0 saturated carbocycles. The largest absolute Gasteiger partial charge is 0.310 e. The zero-order chi connectivity index (χ0) is 33.4. The van der Waals surface area contributed by atoms with Crippen LogP contribution < -0.4 is 4.90 Å². The van der Waals surface area contributed by atoms with Crippen LogP contribution in [0, 0.1) is 0 Å². The lowest BCUT2D eigenvalue weighted by molar-refractivity contribution is 0.564. The van der Waals surface area contributed by atoms with Crippen molar-refractivity contribution in [2.75, 3.05) is 4.90 Å². The summed E-state index contributed by atoms with van der Waals surface area (Å²) in [5, 5.41) is 7.71. The second-order valence-corrected chi connectivity index (χ2v) is 14.9. The highest BCUT2D eigenvalue weighted by Gasteiger charge is 2.38. The zero-order valence-electron chi connectivity index (χ0n) is 28.2. The van der Waals surface area contributed by atoms with Crippen LogP contribution in [0.25, 0.3) is 64.0 Å². The van der Waals surface area contributed by atoms with E-state index in [1.165, 1.54) is 86.5 Å². The first-order chi connectivity index (χ1) is 24.6. The molecule has 8 aromatic carbocycles. The zero-order valence-corrected chi connectivity index (χ0v) is 29.0. The summed E-state index contributed by atoms with van der Waals surface area (Å²) < 4.78 is 2.67. The van der Waals surface area contributed by atoms with Gasteiger partial charge in [-0.3, -0.25) is 0 Å². The summed E-state index contributed by atoms with van der Waals surface area (Å²) in [5.41, 5.74) is 11.5. The lowest BCUT2D eigenvalue weighted by Crippen LogP contribution is -2.20. The van der Waals surface area contributed by atoms with Gasteiger partial charge in [0.25, 0.3) is 0 Å². The third kappa shape index (κ3) is 4.32. The van der Waals surface area contributed by atoms with E-state index < -0.39 is 0 Å². The van der Waals surface area contributed by atoms with Crippen molar-refractivity contribution in [1.82, 2.24) is 0 Å². The van der Waals surface area contributed by atoms with Crippen LogP contribution in [-0.4, -0.2) is 0 Å². The van der Waals surface area contributed by atoms with E-state index >= 15 is 0 Å². The van der Waals surface area contributed by atoms with Gasteiger partial charge in [0.1, 0.15) is 0 Å². The Balaban J connectivity index is 1.15. The quantitative estimate of drug-likeness (QED) is 0.167. The first kappa shape index (κ1) is 29.2. The van der Waals surface area contributed by atoms with Gasteiger partial charge in [-0.2, -0.15) is 0 Å². The van der Waals surface area contributed by atoms with Crippen LogP contribution in [0.15, 0.2) is 164 Å². The van der Waals surface area contributed by atoms with E-state index in [-0.39, 0.29) is 5.41 Å². The fourth-order valence-electron chi connectivity index (χ4n) is 8.44. The van der Waals surface area contributed by atoms with Crippen LogP contribution in [0.3, 0.4) is 0 Å². The third-order valence-corrected chi connectivity index (χ3v) is 12.4. The summed E-state index contributed by atoms with van der Waals surface area (Å²) in [5.74, 6) is 0. The molecule has 1 atom stereocenters. The fraction of sp³-hybridized carbons (Fsp3) is 0.0833. The first-order valence-corrected chi connectivity index (χ1v) is 18.4. The highest BCUT2D eigenvalue weighted by atomic mass is 32.1. The molecular weight excluding hydrogens is 623 g/mol. The number of rotatable bonds is 5. The number of fused-ring (bicyclic) bond motifs is 9. The number of hydrogen-bond donors (Lipinski definition) is 0. The second kappa shape index (κ2) is 11.2. The normalized spacial score (nSPS) is 15.2. The smallest absolute Gasteiger partial charge is 0.0540 e. The van der Waals surface area contributed by atoms with Gasteiger partial charge in [-0.15, -0.1) is 11.3 Å². The van der Waals surface area contributed by atoms with Gasteiger partial charge in [0.2, 0.25) is 0 Å². The van der Waals surface area contributed by atoms with Crippen molar-refractivity contribution in [3.05, 3.63) is 175 Å². The van der Waals surface area contributed by atoms with Gasteiger partial charge < -0.3 is 4.90 Å². The monoisotopic (exact) mass is 657 g/mol. The number of thiophene rings is 1. The van der Waals surface area contributed by atoms with E-state index in [0.29, 0.717) is 0 Å². The molecule has 9 aromatic rings. The summed E-state index contributed by atoms with van der Waals surface area (Å²) in [6.45, 7) is 4.74. The van der Waals surface area contributed by atoms with E-state index in [9.17, 15) is 0 Å². The van der Waals surface area contributed by atoms with Gasteiger partial charge >= 0.3 is 0 Å². The molecule has 0 N–H and O–H groups in total. The predicted octanol–water partition coefficient (Wildman–Crippen LogP) is 14.2. The molecule has 0 saturated heterocycles. The molecule has 238 valence electrons. The molecule has 0 amide bonds. The lowest BCUT2D eigenvalue weighted by Gasteiger charge is -2.30. The number of anilines is 3. The van der Waals surface area contributed by atoms with Gasteiger partial charge in [0, 0.05) is 42.3 Å². The first-order valence-electron chi connectivity index (χ1n) is 17.6. The molecule has 1 aliphatic rings. The van der Waals surface area contributed by atoms with Crippen molar-refractivity contribution in [2.24, 2.45) is 0 Å². The molecule has 1 aromatic heterocycles. The minimum Gasteiger partial charge on any atom is -0.310 e. The molecule has 1 heterocycles. The van der Waals surface area contributed by atoms with Crippen LogP contribution in [0.4, 0.5) is 17.1 Å². The third-order valence-electron chi connectivity index (χ3n) is 11.2. The number of hydrogen-bond acceptors (Lipinski definition) is 2. The topological polar surface area (TPSA) is 3.24 Å². The van der Waals surface area contributed by atoms with E-state index in [1.54, 1.807) is 0 Å². The molecule has 2 heteroatoms. The number of benzene rings is 8. The fourth-order valence-corrected chi connectivity index (χ4v) is 9.53. The molecule has 1 unspecified atom stereocenters. The Morgan fingerprint density at radius 2 is 1.18 bits per heavy atom. The minimum atomic E-state index is -0.0447. The molecule has 0 radical (unpaired) electrons. The van der Waals surface area contributed by atoms with Crippen LogP contribution in [-0.2, 0) is 5.41 Å². The maximum Gasteiger partial charge on any atom is 0.0540 e. The van der Waals surface area contributed by atoms with Crippen LogP contribution >= 0.6 is 11.3 Å². The summed E-state index contributed by atoms with van der Waals surface area (Å²) >= 11 is 1.87. The van der Waals surface area contributed by atoms with Crippen LogP contribution in [0.1, 0.15) is 31.4 Å². The van der Waals surface area contributed by atoms with Crippen molar-refractivity contribution in [3.8, 4) is 22.3 Å². The molecular formula is C48H35NS. The standard InChI is InChI=1S/C48H35NS/c1-3-48(2)43-16-8-6-13-38(43)39-27-25-35(30-44(39)48)49(45-17-10-15-37-36-12-5-4-11-32(36)21-26-40(37)45)34-23-19-31(20-24-34)33-22-28-47-42(29-33)41-14-7-9-18-46(41)50-47/h4-30H,3H2,1-2H3. The van der Waals surface area contributed by atoms with E-state index in [2.05, 4.69) is 183 Å². The Labute approximate surface area is 296 Å². The Bertz CT molecular complexity index is 2770. The van der Waals surface area contributed by atoms with E-state index in [0.717, 1.165) is 12.1 Å². The molecule has 0 fully saturated rings. The van der Waals surface area contributed by atoms with Gasteiger partial charge in [-0.05, 0) is 104 Å². The summed E-state index contributed by atoms with van der Waals surface area (Å²) in [7, 11) is 0. The molecule has 1 nitrogen and oxygen atoms in total. The highest BCUT2D eigenvalue weighted by Crippen LogP contribution is 2.52. The van der Waals surface area contributed by atoms with Crippen LogP contribution in [0.5, 0.6) is 0 Å². The van der Waals surface area contributed by atoms with Crippen molar-refractivity contribution >= 4 is 70.1 Å². The highest BCUT2D eigenvalue weighted by molar-refractivity contribution is 7.25. The molecule has 50 heavy (non-hydrogen) atoms. The van der Waals surface area contributed by atoms with E-state index in [4.69, 9.17) is 0 Å². The SMILES string of the molecule is CCC1(C)c2ccccc2-c2ccc(N(c3ccc(-c4ccc5sc6ccccc6c5c4)cc3)c3cccc4c3ccc3ccccc34)cc21. The number of nitrogens with zero attached hydrogens (tertiary/aromatic N) is 1. The summed E-state index contributed by atoms with van der Waals surface area (Å²) in [6.07, 6.45) is 1.04. The minimum absolute atomic E-state index is 0.0447. The van der Waals surface area contributed by atoms with E-state index in [1.807, 2.05) is 11.3 Å². The molecule has 0 aliphatic heterocycles. The average molecular weight is 658 g/mol. The van der Waals surface area contributed by atoms with Crippen molar-refractivity contribution in [1.29, 1.82) is 0 Å². The van der Waals surface area contributed by atoms with Gasteiger partial charge in [-0.25, -0.2) is 0 Å². The second-order valence-electron chi connectivity index (χ2n) is 13.8. The summed E-state index contributed by atoms with van der Waals surface area (Å²) in [4.78, 5) is 2.47. The van der Waals surface area contributed by atoms with Gasteiger partial charge in [-0.1, -0.05) is 129 Å². The molecule has 10 rings (SSSR count). The van der Waals surface area contributed by atoms with Crippen molar-refractivity contribution in [3.63, 3.8) is 0 Å². The Hall–Kier alpha value is -5.70. The van der Waals surface area contributed by atoms with Gasteiger partial charge in [0.05, 0.1) is 5.69 Å². The van der Waals surface area contributed by atoms with Gasteiger partial charge in [0.15, 0.2) is 0 Å². The maximum absolute atomic E-state index is 2.47. The maximum atomic E-state index is 2.47. The van der Waals surface area contributed by atoms with Crippen molar-refractivity contribution < 1.29 is 0 Å². The van der Waals surface area contributed by atoms with Crippen LogP contribution in [0.2, 0.25) is 0 Å². The molecule has 0 spiro atoms.